The smallest absolute Gasteiger partial charge is 0.335 e. The van der Waals surface area contributed by atoms with Gasteiger partial charge in [-0.15, -0.1) is 0 Å². The summed E-state index contributed by atoms with van der Waals surface area (Å²) in [4.78, 5) is 22.7. The summed E-state index contributed by atoms with van der Waals surface area (Å²) in [7, 11) is 0. The lowest BCUT2D eigenvalue weighted by Crippen LogP contribution is -2.04. The van der Waals surface area contributed by atoms with Crippen molar-refractivity contribution in [2.24, 2.45) is 5.92 Å². The van der Waals surface area contributed by atoms with Gasteiger partial charge in [0.15, 0.2) is 0 Å². The molecule has 0 bridgehead atoms. The molecule has 0 aliphatic heterocycles. The minimum atomic E-state index is -0.551. The first-order valence-electron chi connectivity index (χ1n) is 9.73. The number of hydrogen-bond donors (Lipinski definition) is 1. The molecule has 0 radical (unpaired) electrons. The zero-order chi connectivity index (χ0) is 19.3. The molecule has 1 N–H and O–H groups in total. The van der Waals surface area contributed by atoms with E-state index in [2.05, 4.69) is 10.1 Å². The molecule has 0 heterocycles. The number of carbonyl (C=O) groups is 2. The van der Waals surface area contributed by atoms with Crippen LogP contribution in [0.4, 0.5) is 5.69 Å². The number of hydrogen-bond acceptors (Lipinski definition) is 5. The van der Waals surface area contributed by atoms with Crippen LogP contribution in [0.25, 0.3) is 6.08 Å². The van der Waals surface area contributed by atoms with Gasteiger partial charge in [-0.3, -0.25) is 0 Å². The van der Waals surface area contributed by atoms with Crippen LogP contribution >= 0.6 is 0 Å². The van der Waals surface area contributed by atoms with Gasteiger partial charge < -0.3 is 14.8 Å². The Morgan fingerprint density at radius 2 is 1.85 bits per heavy atom. The van der Waals surface area contributed by atoms with Crippen LogP contribution in [-0.2, 0) is 19.1 Å². The first-order chi connectivity index (χ1) is 13.2. The Kier molecular flexibility index (Phi) is 9.18. The molecular weight excluding hydrogens is 342 g/mol. The predicted molar refractivity (Wildman–Crippen MR) is 107 cm³/mol. The number of esters is 2. The highest BCUT2D eigenvalue weighted by molar-refractivity contribution is 5.88. The van der Waals surface area contributed by atoms with Gasteiger partial charge in [0.05, 0.1) is 12.7 Å². The van der Waals surface area contributed by atoms with Crippen LogP contribution in [0.5, 0.6) is 0 Å². The number of anilines is 1. The second kappa shape index (κ2) is 11.9. The zero-order valence-corrected chi connectivity index (χ0v) is 16.0. The van der Waals surface area contributed by atoms with Crippen molar-refractivity contribution in [1.29, 1.82) is 0 Å². The summed E-state index contributed by atoms with van der Waals surface area (Å²) in [5.74, 6) is -0.156. The third-order valence-electron chi connectivity index (χ3n) is 4.59. The monoisotopic (exact) mass is 371 g/mol. The average molecular weight is 371 g/mol. The molecule has 1 aliphatic carbocycles. The maximum absolute atomic E-state index is 11.6. The third-order valence-corrected chi connectivity index (χ3v) is 4.59. The molecule has 1 saturated carbocycles. The molecule has 2 rings (SSSR count). The minimum Gasteiger partial charge on any atom is -0.463 e. The quantitative estimate of drug-likeness (QED) is 0.279. The van der Waals surface area contributed by atoms with Gasteiger partial charge in [0.25, 0.3) is 0 Å². The molecule has 5 nitrogen and oxygen atoms in total. The summed E-state index contributed by atoms with van der Waals surface area (Å²) in [6, 6.07) is 7.89. The summed E-state index contributed by atoms with van der Waals surface area (Å²) in [5, 5.41) is 3.44. The summed E-state index contributed by atoms with van der Waals surface area (Å²) in [5.41, 5.74) is 1.98. The van der Waals surface area contributed by atoms with E-state index in [1.165, 1.54) is 44.6 Å². The van der Waals surface area contributed by atoms with E-state index in [4.69, 9.17) is 4.74 Å². The van der Waals surface area contributed by atoms with Crippen LogP contribution < -0.4 is 5.32 Å². The highest BCUT2D eigenvalue weighted by Gasteiger charge is 2.13. The van der Waals surface area contributed by atoms with Crippen molar-refractivity contribution in [2.45, 2.75) is 45.4 Å². The molecule has 0 unspecified atom stereocenters. The lowest BCUT2D eigenvalue weighted by molar-refractivity contribution is -0.137. The molecule has 1 aromatic rings. The van der Waals surface area contributed by atoms with Crippen molar-refractivity contribution in [2.75, 3.05) is 18.5 Å². The van der Waals surface area contributed by atoms with Gasteiger partial charge in [-0.05, 0) is 49.5 Å². The molecule has 0 atom stereocenters. The summed E-state index contributed by atoms with van der Waals surface area (Å²) < 4.78 is 9.48. The maximum atomic E-state index is 11.6. The van der Waals surface area contributed by atoms with E-state index >= 15 is 0 Å². The Bertz CT molecular complexity index is 643. The third kappa shape index (κ3) is 8.58. The average Bonchev–Trinajstić information content (AvgIpc) is 3.18. The molecule has 5 heteroatoms. The number of benzene rings is 1. The Balaban J connectivity index is 1.67. The van der Waals surface area contributed by atoms with Gasteiger partial charge in [0, 0.05) is 18.3 Å². The largest absolute Gasteiger partial charge is 0.463 e. The number of rotatable bonds is 10. The zero-order valence-electron chi connectivity index (χ0n) is 16.0. The van der Waals surface area contributed by atoms with Gasteiger partial charge in [0.1, 0.15) is 6.26 Å². The van der Waals surface area contributed by atoms with Crippen molar-refractivity contribution in [3.8, 4) is 0 Å². The van der Waals surface area contributed by atoms with Crippen LogP contribution in [0.1, 0.15) is 51.0 Å². The van der Waals surface area contributed by atoms with Crippen LogP contribution in [0.15, 0.2) is 42.7 Å². The topological polar surface area (TPSA) is 64.6 Å². The molecule has 1 aliphatic rings. The highest BCUT2D eigenvalue weighted by atomic mass is 16.5. The number of ether oxygens (including phenoxy) is 2. The maximum Gasteiger partial charge on any atom is 0.335 e. The van der Waals surface area contributed by atoms with Gasteiger partial charge >= 0.3 is 11.9 Å². The van der Waals surface area contributed by atoms with Crippen LogP contribution in [0.2, 0.25) is 0 Å². The van der Waals surface area contributed by atoms with Crippen LogP contribution in [0.3, 0.4) is 0 Å². The standard InChI is InChI=1S/C22H29NO4/c1-2-26-22(25)15-17-27-21(24)14-11-19-9-12-20(13-10-19)23-16-5-8-18-6-3-4-7-18/h9-15,17-18,23H,2-8,16H2,1H3. The van der Waals surface area contributed by atoms with E-state index in [0.29, 0.717) is 0 Å². The SMILES string of the molecule is CCOC(=O)C=COC(=O)C=Cc1ccc(NCCCC2CCCC2)cc1. The second-order valence-electron chi connectivity index (χ2n) is 6.67. The van der Waals surface area contributed by atoms with Gasteiger partial charge in [-0.1, -0.05) is 37.8 Å². The van der Waals surface area contributed by atoms with Crippen molar-refractivity contribution in [3.05, 3.63) is 48.2 Å². The Hall–Kier alpha value is -2.56. The summed E-state index contributed by atoms with van der Waals surface area (Å²) in [6.07, 6.45) is 13.2. The number of nitrogens with one attached hydrogen (secondary N) is 1. The van der Waals surface area contributed by atoms with Gasteiger partial charge in [-0.2, -0.15) is 0 Å². The lowest BCUT2D eigenvalue weighted by Gasteiger charge is -2.10. The van der Waals surface area contributed by atoms with Crippen molar-refractivity contribution < 1.29 is 19.1 Å². The van der Waals surface area contributed by atoms with Crippen molar-refractivity contribution in [3.63, 3.8) is 0 Å². The van der Waals surface area contributed by atoms with Gasteiger partial charge in [-0.25, -0.2) is 9.59 Å². The Morgan fingerprint density at radius 1 is 1.11 bits per heavy atom. The van der Waals surface area contributed by atoms with E-state index in [1.807, 2.05) is 24.3 Å². The van der Waals surface area contributed by atoms with Crippen molar-refractivity contribution >= 4 is 23.7 Å². The molecule has 0 spiro atoms. The second-order valence-corrected chi connectivity index (χ2v) is 6.67. The van der Waals surface area contributed by atoms with E-state index in [0.717, 1.165) is 36.1 Å². The molecule has 0 saturated heterocycles. The molecule has 1 aromatic carbocycles. The Labute approximate surface area is 161 Å². The number of carbonyl (C=O) groups excluding carboxylic acids is 2. The first kappa shape index (κ1) is 20.7. The molecule has 1 fully saturated rings. The highest BCUT2D eigenvalue weighted by Crippen LogP contribution is 2.28. The first-order valence-corrected chi connectivity index (χ1v) is 9.73. The summed E-state index contributed by atoms with van der Waals surface area (Å²) in [6.45, 7) is 2.98. The van der Waals surface area contributed by atoms with Crippen LogP contribution in [0, 0.1) is 5.92 Å². The lowest BCUT2D eigenvalue weighted by atomic mass is 10.0. The normalized spacial score (nSPS) is 14.7. The predicted octanol–water partition coefficient (Wildman–Crippen LogP) is 4.70. The fourth-order valence-electron chi connectivity index (χ4n) is 3.19. The van der Waals surface area contributed by atoms with Crippen LogP contribution in [-0.4, -0.2) is 25.1 Å². The summed E-state index contributed by atoms with van der Waals surface area (Å²) >= 11 is 0. The van der Waals surface area contributed by atoms with E-state index in [1.54, 1.807) is 13.0 Å². The minimum absolute atomic E-state index is 0.280. The van der Waals surface area contributed by atoms with Crippen molar-refractivity contribution in [1.82, 2.24) is 0 Å². The fraction of sp³-hybridized carbons (Fsp3) is 0.455. The fourth-order valence-corrected chi connectivity index (χ4v) is 3.19. The Morgan fingerprint density at radius 3 is 2.56 bits per heavy atom. The molecular formula is C22H29NO4. The van der Waals surface area contributed by atoms with E-state index in [9.17, 15) is 9.59 Å². The molecule has 146 valence electrons. The van der Waals surface area contributed by atoms with E-state index in [-0.39, 0.29) is 6.61 Å². The molecule has 0 aromatic heterocycles. The van der Waals surface area contributed by atoms with E-state index < -0.39 is 11.9 Å². The molecule has 0 amide bonds. The van der Waals surface area contributed by atoms with Gasteiger partial charge in [0.2, 0.25) is 0 Å². The molecule has 27 heavy (non-hydrogen) atoms.